The van der Waals surface area contributed by atoms with Crippen molar-refractivity contribution >= 4 is 5.97 Å². The molecule has 0 aliphatic heterocycles. The van der Waals surface area contributed by atoms with Crippen LogP contribution in [0.25, 0.3) is 0 Å². The van der Waals surface area contributed by atoms with Crippen LogP contribution in [0.3, 0.4) is 0 Å². The molecule has 0 aromatic carbocycles. The molecule has 3 heteroatoms. The average Bonchev–Trinajstić information content (AvgIpc) is 2.44. The van der Waals surface area contributed by atoms with Crippen molar-refractivity contribution in [2.24, 2.45) is 5.92 Å². The van der Waals surface area contributed by atoms with Gasteiger partial charge in [-0.15, -0.1) is 0 Å². The van der Waals surface area contributed by atoms with E-state index in [4.69, 9.17) is 4.74 Å². The van der Waals surface area contributed by atoms with Gasteiger partial charge in [-0.1, -0.05) is 45.6 Å². The summed E-state index contributed by atoms with van der Waals surface area (Å²) in [6.45, 7) is 4.57. The smallest absolute Gasteiger partial charge is 0.308 e. The first-order valence-corrected chi connectivity index (χ1v) is 7.30. The number of rotatable bonds is 9. The van der Waals surface area contributed by atoms with Gasteiger partial charge in [-0.2, -0.15) is 0 Å². The zero-order valence-corrected chi connectivity index (χ0v) is 12.1. The number of unbranched alkanes of at least 4 members (excludes halogenated alkanes) is 3. The normalized spacial score (nSPS) is 12.1. The van der Waals surface area contributed by atoms with Crippen molar-refractivity contribution in [1.29, 1.82) is 0 Å². The Hall–Kier alpha value is -1.38. The van der Waals surface area contributed by atoms with Crippen LogP contribution < -0.4 is 0 Å². The zero-order chi connectivity index (χ0) is 13.9. The summed E-state index contributed by atoms with van der Waals surface area (Å²) in [6.07, 6.45) is 8.18. The van der Waals surface area contributed by atoms with E-state index in [9.17, 15) is 4.79 Å². The summed E-state index contributed by atoms with van der Waals surface area (Å²) < 4.78 is 5.29. The van der Waals surface area contributed by atoms with Crippen molar-refractivity contribution in [2.45, 2.75) is 52.4 Å². The molecule has 106 valence electrons. The molecule has 0 saturated heterocycles. The highest BCUT2D eigenvalue weighted by molar-refractivity contribution is 5.71. The number of pyridine rings is 1. The molecule has 0 N–H and O–H groups in total. The summed E-state index contributed by atoms with van der Waals surface area (Å²) in [5, 5.41) is 0. The van der Waals surface area contributed by atoms with Crippen LogP contribution in [0.1, 0.15) is 51.6 Å². The molecule has 0 fully saturated rings. The molecule has 1 unspecified atom stereocenters. The van der Waals surface area contributed by atoms with Crippen molar-refractivity contribution in [1.82, 2.24) is 4.98 Å². The largest absolute Gasteiger partial charge is 0.465 e. The summed E-state index contributed by atoms with van der Waals surface area (Å²) in [4.78, 5) is 16.0. The van der Waals surface area contributed by atoms with Gasteiger partial charge in [0.25, 0.3) is 0 Å². The minimum absolute atomic E-state index is 0.0144. The van der Waals surface area contributed by atoms with Gasteiger partial charge in [-0.25, -0.2) is 0 Å². The molecule has 0 radical (unpaired) electrons. The number of esters is 1. The molecule has 1 atom stereocenters. The molecule has 0 bridgehead atoms. The molecule has 3 nitrogen and oxygen atoms in total. The Labute approximate surface area is 116 Å². The number of ether oxygens (including phenoxy) is 1. The predicted octanol–water partition coefficient (Wildman–Crippen LogP) is 3.77. The maximum atomic E-state index is 11.8. The highest BCUT2D eigenvalue weighted by Crippen LogP contribution is 2.12. The van der Waals surface area contributed by atoms with Gasteiger partial charge in [-0.05, 0) is 18.6 Å². The van der Waals surface area contributed by atoms with Crippen LogP contribution in [0.2, 0.25) is 0 Å². The number of hydrogen-bond donors (Lipinski definition) is 0. The number of hydrogen-bond acceptors (Lipinski definition) is 3. The molecule has 1 rings (SSSR count). The van der Waals surface area contributed by atoms with Crippen LogP contribution in [-0.4, -0.2) is 17.6 Å². The topological polar surface area (TPSA) is 39.2 Å². The molecule has 1 aromatic rings. The lowest BCUT2D eigenvalue weighted by Gasteiger charge is -2.11. The Morgan fingerprint density at radius 3 is 2.84 bits per heavy atom. The lowest BCUT2D eigenvalue weighted by atomic mass is 10.0. The average molecular weight is 263 g/mol. The first-order valence-electron chi connectivity index (χ1n) is 7.30. The van der Waals surface area contributed by atoms with Gasteiger partial charge in [-0.3, -0.25) is 9.78 Å². The zero-order valence-electron chi connectivity index (χ0n) is 12.1. The van der Waals surface area contributed by atoms with Crippen LogP contribution in [-0.2, 0) is 16.0 Å². The van der Waals surface area contributed by atoms with E-state index in [0.717, 1.165) is 18.5 Å². The second-order valence-corrected chi connectivity index (χ2v) is 4.99. The fourth-order valence-electron chi connectivity index (χ4n) is 1.94. The van der Waals surface area contributed by atoms with Crippen LogP contribution in [0, 0.1) is 5.92 Å². The molecule has 1 aromatic heterocycles. The molecule has 0 aliphatic carbocycles. The molecule has 0 amide bonds. The Morgan fingerprint density at radius 1 is 1.32 bits per heavy atom. The molecule has 0 saturated carbocycles. The Morgan fingerprint density at radius 2 is 2.16 bits per heavy atom. The van der Waals surface area contributed by atoms with E-state index >= 15 is 0 Å². The summed E-state index contributed by atoms with van der Waals surface area (Å²) in [5.41, 5.74) is 0.964. The quantitative estimate of drug-likeness (QED) is 0.503. The molecule has 0 spiro atoms. The number of aromatic nitrogens is 1. The second-order valence-electron chi connectivity index (χ2n) is 4.99. The molecule has 19 heavy (non-hydrogen) atoms. The van der Waals surface area contributed by atoms with Gasteiger partial charge in [0.2, 0.25) is 0 Å². The van der Waals surface area contributed by atoms with Gasteiger partial charge in [0.05, 0.1) is 12.5 Å². The van der Waals surface area contributed by atoms with Crippen LogP contribution in [0.15, 0.2) is 24.4 Å². The monoisotopic (exact) mass is 263 g/mol. The first kappa shape index (κ1) is 15.7. The summed E-state index contributed by atoms with van der Waals surface area (Å²) in [5.74, 6) is -0.0620. The Bertz CT molecular complexity index is 351. The van der Waals surface area contributed by atoms with E-state index in [1.54, 1.807) is 6.20 Å². The highest BCUT2D eigenvalue weighted by Gasteiger charge is 2.13. The molecule has 1 heterocycles. The van der Waals surface area contributed by atoms with Crippen molar-refractivity contribution in [3.8, 4) is 0 Å². The molecular weight excluding hydrogens is 238 g/mol. The lowest BCUT2D eigenvalue weighted by molar-refractivity contribution is -0.148. The predicted molar refractivity (Wildman–Crippen MR) is 76.8 cm³/mol. The van der Waals surface area contributed by atoms with Gasteiger partial charge in [0.15, 0.2) is 0 Å². The minimum atomic E-state index is -0.0765. The summed E-state index contributed by atoms with van der Waals surface area (Å²) in [6, 6.07) is 5.77. The van der Waals surface area contributed by atoms with Gasteiger partial charge >= 0.3 is 5.97 Å². The third kappa shape index (κ3) is 6.94. The number of nitrogens with zero attached hydrogens (tertiary/aromatic N) is 1. The minimum Gasteiger partial charge on any atom is -0.465 e. The van der Waals surface area contributed by atoms with Crippen molar-refractivity contribution in [3.05, 3.63) is 30.1 Å². The van der Waals surface area contributed by atoms with E-state index in [1.807, 2.05) is 25.1 Å². The van der Waals surface area contributed by atoms with Crippen molar-refractivity contribution in [2.75, 3.05) is 6.61 Å². The fourth-order valence-corrected chi connectivity index (χ4v) is 1.94. The van der Waals surface area contributed by atoms with E-state index in [-0.39, 0.29) is 11.9 Å². The van der Waals surface area contributed by atoms with Crippen LogP contribution in [0.4, 0.5) is 0 Å². The Kier molecular flexibility index (Phi) is 7.87. The van der Waals surface area contributed by atoms with Crippen molar-refractivity contribution in [3.63, 3.8) is 0 Å². The van der Waals surface area contributed by atoms with Gasteiger partial charge in [0, 0.05) is 18.3 Å². The second kappa shape index (κ2) is 9.54. The first-order chi connectivity index (χ1) is 9.24. The maximum Gasteiger partial charge on any atom is 0.308 e. The van der Waals surface area contributed by atoms with E-state index in [2.05, 4.69) is 11.9 Å². The lowest BCUT2D eigenvalue weighted by Crippen LogP contribution is -2.16. The van der Waals surface area contributed by atoms with Crippen LogP contribution in [0.5, 0.6) is 0 Å². The van der Waals surface area contributed by atoms with Gasteiger partial charge < -0.3 is 4.74 Å². The van der Waals surface area contributed by atoms with E-state index in [1.165, 1.54) is 19.3 Å². The van der Waals surface area contributed by atoms with Gasteiger partial charge in [0.1, 0.15) is 0 Å². The third-order valence-electron chi connectivity index (χ3n) is 3.22. The third-order valence-corrected chi connectivity index (χ3v) is 3.22. The van der Waals surface area contributed by atoms with Crippen LogP contribution >= 0.6 is 0 Å². The molecule has 0 aliphatic rings. The molecular formula is C16H25NO2. The summed E-state index contributed by atoms with van der Waals surface area (Å²) in [7, 11) is 0. The standard InChI is InChI=1S/C16H25NO2/c1-3-4-5-6-9-14(2)16(18)19-13-11-15-10-7-8-12-17-15/h7-8,10,12,14H,3-6,9,11,13H2,1-2H3. The number of carbonyl (C=O) groups excluding carboxylic acids is 1. The Balaban J connectivity index is 2.13. The fraction of sp³-hybridized carbons (Fsp3) is 0.625. The van der Waals surface area contributed by atoms with E-state index in [0.29, 0.717) is 13.0 Å². The number of carbonyl (C=O) groups is 1. The van der Waals surface area contributed by atoms with Crippen molar-refractivity contribution < 1.29 is 9.53 Å². The highest BCUT2D eigenvalue weighted by atomic mass is 16.5. The summed E-state index contributed by atoms with van der Waals surface area (Å²) >= 11 is 0. The SMILES string of the molecule is CCCCCCC(C)C(=O)OCCc1ccccn1. The van der Waals surface area contributed by atoms with E-state index < -0.39 is 0 Å². The maximum absolute atomic E-state index is 11.8.